The van der Waals surface area contributed by atoms with Crippen LogP contribution in [0.2, 0.25) is 5.02 Å². The molecule has 1 aromatic heterocycles. The summed E-state index contributed by atoms with van der Waals surface area (Å²) >= 11 is 8.32. The number of halogens is 2. The Kier molecular flexibility index (Phi) is 4.64. The second-order valence-corrected chi connectivity index (χ2v) is 5.72. The minimum absolute atomic E-state index is 0.190. The number of hydrogen-bond donors (Lipinski definition) is 1. The van der Waals surface area contributed by atoms with Gasteiger partial charge in [0.05, 0.1) is 11.7 Å². The van der Waals surface area contributed by atoms with Crippen LogP contribution in [0.5, 0.6) is 0 Å². The summed E-state index contributed by atoms with van der Waals surface area (Å²) in [5, 5.41) is 5.02. The smallest absolute Gasteiger partial charge is 0.0734 e. The topological polar surface area (TPSA) is 43.8 Å². The van der Waals surface area contributed by atoms with Gasteiger partial charge in [0.15, 0.2) is 0 Å². The Balaban J connectivity index is 2.38. The molecule has 0 saturated heterocycles. The summed E-state index contributed by atoms with van der Waals surface area (Å²) in [5.74, 6) is 0. The van der Waals surface area contributed by atoms with Crippen molar-refractivity contribution >= 4 is 34.2 Å². The van der Waals surface area contributed by atoms with Crippen molar-refractivity contribution in [3.8, 4) is 0 Å². The fraction of sp³-hybridized carbons (Fsp3) is 0.308. The van der Waals surface area contributed by atoms with Gasteiger partial charge in [-0.15, -0.1) is 0 Å². The summed E-state index contributed by atoms with van der Waals surface area (Å²) in [7, 11) is 0. The van der Waals surface area contributed by atoms with Gasteiger partial charge in [0, 0.05) is 21.3 Å². The highest BCUT2D eigenvalue weighted by atomic mass is 127. The molecule has 0 bridgehead atoms. The molecule has 0 radical (unpaired) electrons. The molecule has 0 amide bonds. The summed E-state index contributed by atoms with van der Waals surface area (Å²) in [6, 6.07) is 7.57. The Morgan fingerprint density at radius 2 is 2.22 bits per heavy atom. The summed E-state index contributed by atoms with van der Waals surface area (Å²) in [5.41, 5.74) is 8.40. The van der Waals surface area contributed by atoms with Crippen LogP contribution < -0.4 is 5.73 Å². The minimum Gasteiger partial charge on any atom is -0.319 e. The Morgan fingerprint density at radius 1 is 1.44 bits per heavy atom. The van der Waals surface area contributed by atoms with Crippen molar-refractivity contribution in [1.82, 2.24) is 9.78 Å². The Morgan fingerprint density at radius 3 is 2.94 bits per heavy atom. The van der Waals surface area contributed by atoms with Gasteiger partial charge in [-0.3, -0.25) is 4.68 Å². The first kappa shape index (κ1) is 13.8. The normalized spacial score (nSPS) is 12.7. The number of aryl methyl sites for hydroxylation is 1. The molecule has 0 fully saturated rings. The van der Waals surface area contributed by atoms with Gasteiger partial charge in [0.2, 0.25) is 0 Å². The zero-order valence-corrected chi connectivity index (χ0v) is 13.0. The molecule has 0 aliphatic carbocycles. The van der Waals surface area contributed by atoms with E-state index >= 15 is 0 Å². The van der Waals surface area contributed by atoms with Gasteiger partial charge >= 0.3 is 0 Å². The molecular formula is C13H15ClIN3. The number of benzene rings is 1. The summed E-state index contributed by atoms with van der Waals surface area (Å²) in [4.78, 5) is 0. The molecule has 1 unspecified atom stereocenters. The lowest BCUT2D eigenvalue weighted by atomic mass is 10.0. The maximum absolute atomic E-state index is 6.34. The van der Waals surface area contributed by atoms with Gasteiger partial charge in [-0.1, -0.05) is 18.5 Å². The van der Waals surface area contributed by atoms with E-state index in [1.807, 2.05) is 28.9 Å². The molecule has 2 rings (SSSR count). The maximum Gasteiger partial charge on any atom is 0.0734 e. The number of nitrogens with zero attached hydrogens (tertiary/aromatic N) is 2. The van der Waals surface area contributed by atoms with Crippen LogP contribution in [-0.2, 0) is 6.54 Å². The van der Waals surface area contributed by atoms with Crippen molar-refractivity contribution in [2.75, 3.05) is 0 Å². The van der Waals surface area contributed by atoms with Crippen LogP contribution in [0.3, 0.4) is 0 Å². The Hall–Kier alpha value is -0.590. The zero-order valence-electron chi connectivity index (χ0n) is 10.1. The second-order valence-electron chi connectivity index (χ2n) is 4.12. The maximum atomic E-state index is 6.34. The Labute approximate surface area is 125 Å². The van der Waals surface area contributed by atoms with E-state index in [1.165, 1.54) is 0 Å². The van der Waals surface area contributed by atoms with Crippen LogP contribution >= 0.6 is 34.2 Å². The fourth-order valence-electron chi connectivity index (χ4n) is 1.92. The summed E-state index contributed by atoms with van der Waals surface area (Å²) in [6.45, 7) is 3.01. The number of nitrogens with two attached hydrogens (primary N) is 1. The molecular weight excluding hydrogens is 361 g/mol. The lowest BCUT2D eigenvalue weighted by Crippen LogP contribution is -2.18. The first-order chi connectivity index (χ1) is 8.63. The molecule has 96 valence electrons. The van der Waals surface area contributed by atoms with E-state index in [-0.39, 0.29) is 6.04 Å². The van der Waals surface area contributed by atoms with Crippen molar-refractivity contribution in [2.45, 2.75) is 25.9 Å². The molecule has 2 aromatic rings. The molecule has 0 saturated carbocycles. The Bertz CT molecular complexity index is 539. The van der Waals surface area contributed by atoms with Crippen LogP contribution in [0.1, 0.15) is 30.6 Å². The number of rotatable bonds is 4. The molecule has 2 N–H and O–H groups in total. The van der Waals surface area contributed by atoms with E-state index < -0.39 is 0 Å². The van der Waals surface area contributed by atoms with E-state index in [0.717, 1.165) is 27.8 Å². The zero-order chi connectivity index (χ0) is 13.1. The van der Waals surface area contributed by atoms with Crippen molar-refractivity contribution in [3.05, 3.63) is 50.3 Å². The average molecular weight is 376 g/mol. The highest BCUT2D eigenvalue weighted by molar-refractivity contribution is 14.1. The lowest BCUT2D eigenvalue weighted by Gasteiger charge is -2.16. The van der Waals surface area contributed by atoms with Gasteiger partial charge in [-0.05, 0) is 58.8 Å². The van der Waals surface area contributed by atoms with Crippen LogP contribution in [0.15, 0.2) is 30.5 Å². The first-order valence-electron chi connectivity index (χ1n) is 5.85. The fourth-order valence-corrected chi connectivity index (χ4v) is 2.77. The van der Waals surface area contributed by atoms with E-state index in [1.54, 1.807) is 6.20 Å². The third kappa shape index (κ3) is 2.87. The molecule has 1 heterocycles. The third-order valence-electron chi connectivity index (χ3n) is 2.80. The van der Waals surface area contributed by atoms with E-state index in [2.05, 4.69) is 34.6 Å². The lowest BCUT2D eigenvalue weighted by molar-refractivity contribution is 0.559. The number of hydrogen-bond acceptors (Lipinski definition) is 2. The van der Waals surface area contributed by atoms with Gasteiger partial charge in [-0.2, -0.15) is 5.10 Å². The number of aromatic nitrogens is 2. The molecule has 5 heteroatoms. The SMILES string of the molecule is CCCn1nccc1C(N)c1cc(Cl)ccc1I. The molecule has 0 aliphatic heterocycles. The van der Waals surface area contributed by atoms with Crippen molar-refractivity contribution in [3.63, 3.8) is 0 Å². The molecule has 1 aromatic carbocycles. The predicted octanol–water partition coefficient (Wildman–Crippen LogP) is 3.60. The largest absolute Gasteiger partial charge is 0.319 e. The molecule has 0 aliphatic rings. The summed E-state index contributed by atoms with van der Waals surface area (Å²) in [6.07, 6.45) is 2.83. The third-order valence-corrected chi connectivity index (χ3v) is 4.01. The first-order valence-corrected chi connectivity index (χ1v) is 7.31. The van der Waals surface area contributed by atoms with E-state index in [0.29, 0.717) is 5.02 Å². The van der Waals surface area contributed by atoms with Gasteiger partial charge in [0.25, 0.3) is 0 Å². The average Bonchev–Trinajstić information content (AvgIpc) is 2.80. The highest BCUT2D eigenvalue weighted by Gasteiger charge is 2.16. The van der Waals surface area contributed by atoms with Crippen molar-refractivity contribution < 1.29 is 0 Å². The van der Waals surface area contributed by atoms with Gasteiger partial charge in [-0.25, -0.2) is 0 Å². The van der Waals surface area contributed by atoms with Gasteiger partial charge < -0.3 is 5.73 Å². The predicted molar refractivity (Wildman–Crippen MR) is 82.7 cm³/mol. The highest BCUT2D eigenvalue weighted by Crippen LogP contribution is 2.27. The monoisotopic (exact) mass is 375 g/mol. The minimum atomic E-state index is -0.190. The van der Waals surface area contributed by atoms with Crippen LogP contribution in [0.4, 0.5) is 0 Å². The van der Waals surface area contributed by atoms with Crippen LogP contribution in [0, 0.1) is 3.57 Å². The molecule has 3 nitrogen and oxygen atoms in total. The van der Waals surface area contributed by atoms with Crippen molar-refractivity contribution in [1.29, 1.82) is 0 Å². The second kappa shape index (κ2) is 6.04. The van der Waals surface area contributed by atoms with Crippen LogP contribution in [0.25, 0.3) is 0 Å². The van der Waals surface area contributed by atoms with Crippen molar-refractivity contribution in [2.24, 2.45) is 5.73 Å². The molecule has 0 spiro atoms. The van der Waals surface area contributed by atoms with E-state index in [9.17, 15) is 0 Å². The van der Waals surface area contributed by atoms with Gasteiger partial charge in [0.1, 0.15) is 0 Å². The van der Waals surface area contributed by atoms with E-state index in [4.69, 9.17) is 17.3 Å². The standard InChI is InChI=1S/C13H15ClIN3/c1-2-7-18-12(5-6-17-18)13(16)10-8-9(14)3-4-11(10)15/h3-6,8,13H,2,7,16H2,1H3. The quantitative estimate of drug-likeness (QED) is 0.830. The molecule has 1 atom stereocenters. The van der Waals surface area contributed by atoms with Crippen LogP contribution in [-0.4, -0.2) is 9.78 Å². The molecule has 18 heavy (non-hydrogen) atoms. The summed E-state index contributed by atoms with van der Waals surface area (Å²) < 4.78 is 3.08.